The Labute approximate surface area is 210 Å². The molecule has 0 saturated carbocycles. The molecule has 36 heavy (non-hydrogen) atoms. The molecule has 0 saturated heterocycles. The zero-order valence-electron chi connectivity index (χ0n) is 20.1. The van der Waals surface area contributed by atoms with Crippen LogP contribution in [0.2, 0.25) is 0 Å². The Morgan fingerprint density at radius 3 is 1.75 bits per heavy atom. The summed E-state index contributed by atoms with van der Waals surface area (Å²) in [5.41, 5.74) is 5.19. The number of hydrogen-bond donors (Lipinski definition) is 5. The van der Waals surface area contributed by atoms with Crippen molar-refractivity contribution in [1.82, 2.24) is 16.1 Å². The minimum absolute atomic E-state index is 0.0256. The summed E-state index contributed by atoms with van der Waals surface area (Å²) in [5, 5.41) is 24.8. The third-order valence-corrected chi connectivity index (χ3v) is 5.99. The van der Waals surface area contributed by atoms with Crippen LogP contribution < -0.4 is 16.1 Å². The average molecular weight is 490 g/mol. The molecule has 3 aromatic rings. The van der Waals surface area contributed by atoms with E-state index in [-0.39, 0.29) is 12.8 Å². The van der Waals surface area contributed by atoms with Crippen molar-refractivity contribution in [2.75, 3.05) is 7.05 Å². The third-order valence-electron chi connectivity index (χ3n) is 5.99. The van der Waals surface area contributed by atoms with E-state index in [2.05, 4.69) is 10.6 Å². The molecule has 0 aliphatic heterocycles. The molecular formula is C28H31N3O5. The molecule has 0 aliphatic rings. The second kappa shape index (κ2) is 13.2. The maximum atomic E-state index is 13.2. The number of carbonyl (C=O) groups is 3. The Kier molecular flexibility index (Phi) is 9.73. The first-order valence-electron chi connectivity index (χ1n) is 11.7. The minimum Gasteiger partial charge on any atom is -0.382 e. The molecular weight excluding hydrogens is 458 g/mol. The number of likely N-dealkylation sites (N-methyl/N-ethyl adjacent to an activating group) is 1. The molecule has 1 unspecified atom stereocenters. The number of nitrogens with one attached hydrogen (secondary N) is 3. The maximum absolute atomic E-state index is 13.2. The Morgan fingerprint density at radius 1 is 0.694 bits per heavy atom. The van der Waals surface area contributed by atoms with E-state index in [1.165, 1.54) is 12.5 Å². The highest BCUT2D eigenvalue weighted by molar-refractivity contribution is 5.92. The van der Waals surface area contributed by atoms with Crippen molar-refractivity contribution in [3.8, 4) is 0 Å². The van der Waals surface area contributed by atoms with Crippen molar-refractivity contribution in [3.63, 3.8) is 0 Å². The predicted octanol–water partition coefficient (Wildman–Crippen LogP) is 1.78. The van der Waals surface area contributed by atoms with Gasteiger partial charge >= 0.3 is 0 Å². The largest absolute Gasteiger partial charge is 0.382 e. The lowest BCUT2D eigenvalue weighted by atomic mass is 9.91. The second-order valence-corrected chi connectivity index (χ2v) is 8.58. The van der Waals surface area contributed by atoms with Crippen LogP contribution in [0.1, 0.15) is 22.3 Å². The van der Waals surface area contributed by atoms with Gasteiger partial charge in [-0.3, -0.25) is 19.6 Å². The van der Waals surface area contributed by atoms with E-state index >= 15 is 0 Å². The van der Waals surface area contributed by atoms with Gasteiger partial charge in [0.15, 0.2) is 0 Å². The lowest BCUT2D eigenvalue weighted by Crippen LogP contribution is -2.52. The standard InChI is InChI=1S/C28H31N3O5/c1-29-27(34)24(18-20-10-6-3-7-11-20)30-26(33)23(25(32)28(35)31-36)17-22-14-12-21(13-15-22)16-19-8-4-2-5-9-19/h2-15,23-25,32,36H,16-18H2,1H3,(H,29,34)(H,30,33)(H,31,35)/t23-,24+,25?/m1/s1. The van der Waals surface area contributed by atoms with Crippen molar-refractivity contribution in [2.45, 2.75) is 31.4 Å². The van der Waals surface area contributed by atoms with E-state index in [1.54, 1.807) is 0 Å². The molecule has 0 fully saturated rings. The molecule has 0 aromatic heterocycles. The van der Waals surface area contributed by atoms with Crippen LogP contribution in [0.15, 0.2) is 84.9 Å². The lowest BCUT2D eigenvalue weighted by Gasteiger charge is -2.24. The van der Waals surface area contributed by atoms with E-state index in [0.717, 1.165) is 28.7 Å². The molecule has 3 aromatic carbocycles. The molecule has 0 spiro atoms. The molecule has 0 heterocycles. The van der Waals surface area contributed by atoms with Crippen LogP contribution >= 0.6 is 0 Å². The third kappa shape index (κ3) is 7.49. The van der Waals surface area contributed by atoms with Crippen LogP contribution in [0.3, 0.4) is 0 Å². The summed E-state index contributed by atoms with van der Waals surface area (Å²) in [6.07, 6.45) is -0.817. The van der Waals surface area contributed by atoms with Crippen LogP contribution in [0.25, 0.3) is 0 Å². The number of rotatable bonds is 11. The van der Waals surface area contributed by atoms with Gasteiger partial charge in [-0.1, -0.05) is 84.9 Å². The van der Waals surface area contributed by atoms with Crippen molar-refractivity contribution < 1.29 is 24.7 Å². The second-order valence-electron chi connectivity index (χ2n) is 8.58. The van der Waals surface area contributed by atoms with Crippen molar-refractivity contribution in [2.24, 2.45) is 5.92 Å². The highest BCUT2D eigenvalue weighted by atomic mass is 16.5. The highest BCUT2D eigenvalue weighted by Gasteiger charge is 2.34. The van der Waals surface area contributed by atoms with Gasteiger partial charge in [0.05, 0.1) is 5.92 Å². The Balaban J connectivity index is 1.76. The van der Waals surface area contributed by atoms with Crippen molar-refractivity contribution >= 4 is 17.7 Å². The topological polar surface area (TPSA) is 128 Å². The summed E-state index contributed by atoms with van der Waals surface area (Å²) in [6, 6.07) is 25.8. The van der Waals surface area contributed by atoms with Gasteiger partial charge in [0.2, 0.25) is 11.8 Å². The number of carbonyl (C=O) groups excluding carboxylic acids is 3. The molecule has 8 heteroatoms. The fourth-order valence-electron chi connectivity index (χ4n) is 3.99. The average Bonchev–Trinajstić information content (AvgIpc) is 2.92. The van der Waals surface area contributed by atoms with Crippen LogP contribution in [-0.4, -0.2) is 47.2 Å². The SMILES string of the molecule is CNC(=O)[C@H](Cc1ccccc1)NC(=O)[C@H](Cc1ccc(Cc2ccccc2)cc1)C(O)C(=O)NO. The summed E-state index contributed by atoms with van der Waals surface area (Å²) in [4.78, 5) is 37.7. The summed E-state index contributed by atoms with van der Waals surface area (Å²) >= 11 is 0. The molecule has 0 aliphatic carbocycles. The number of benzene rings is 3. The number of hydroxylamine groups is 1. The van der Waals surface area contributed by atoms with Gasteiger partial charge in [-0.2, -0.15) is 0 Å². The summed E-state index contributed by atoms with van der Waals surface area (Å²) in [7, 11) is 1.47. The summed E-state index contributed by atoms with van der Waals surface area (Å²) in [5.74, 6) is -3.42. The molecule has 3 amide bonds. The van der Waals surface area contributed by atoms with Gasteiger partial charge in [-0.05, 0) is 35.1 Å². The normalized spacial score (nSPS) is 13.2. The molecule has 5 N–H and O–H groups in total. The molecule has 3 rings (SSSR count). The Bertz CT molecular complexity index is 1140. The fourth-order valence-corrected chi connectivity index (χ4v) is 3.99. The number of hydrogen-bond acceptors (Lipinski definition) is 5. The Hall–Kier alpha value is -4.01. The van der Waals surface area contributed by atoms with Gasteiger partial charge in [-0.25, -0.2) is 5.48 Å². The fraction of sp³-hybridized carbons (Fsp3) is 0.250. The highest BCUT2D eigenvalue weighted by Crippen LogP contribution is 2.17. The van der Waals surface area contributed by atoms with Gasteiger partial charge in [0.1, 0.15) is 12.1 Å². The van der Waals surface area contributed by atoms with Gasteiger partial charge in [-0.15, -0.1) is 0 Å². The number of aliphatic hydroxyl groups is 1. The minimum atomic E-state index is -1.82. The van der Waals surface area contributed by atoms with Crippen LogP contribution in [0.4, 0.5) is 0 Å². The molecule has 0 bridgehead atoms. The first kappa shape index (κ1) is 26.6. The van der Waals surface area contributed by atoms with Crippen molar-refractivity contribution in [1.29, 1.82) is 0 Å². The Morgan fingerprint density at radius 2 is 1.19 bits per heavy atom. The quantitative estimate of drug-likeness (QED) is 0.207. The summed E-state index contributed by atoms with van der Waals surface area (Å²) in [6.45, 7) is 0. The van der Waals surface area contributed by atoms with Gasteiger partial charge < -0.3 is 15.7 Å². The molecule has 188 valence electrons. The zero-order chi connectivity index (χ0) is 25.9. The van der Waals surface area contributed by atoms with E-state index < -0.39 is 35.8 Å². The first-order valence-corrected chi connectivity index (χ1v) is 11.7. The van der Waals surface area contributed by atoms with E-state index in [1.807, 2.05) is 84.9 Å². The summed E-state index contributed by atoms with van der Waals surface area (Å²) < 4.78 is 0. The van der Waals surface area contributed by atoms with E-state index in [4.69, 9.17) is 5.21 Å². The van der Waals surface area contributed by atoms with Gasteiger partial charge in [0, 0.05) is 13.5 Å². The molecule has 0 radical (unpaired) electrons. The first-order chi connectivity index (χ1) is 17.4. The maximum Gasteiger partial charge on any atom is 0.272 e. The van der Waals surface area contributed by atoms with Crippen LogP contribution in [0.5, 0.6) is 0 Å². The number of amides is 3. The van der Waals surface area contributed by atoms with Crippen LogP contribution in [-0.2, 0) is 33.6 Å². The lowest BCUT2D eigenvalue weighted by molar-refractivity contribution is -0.146. The zero-order valence-corrected chi connectivity index (χ0v) is 20.1. The van der Waals surface area contributed by atoms with Crippen LogP contribution in [0, 0.1) is 5.92 Å². The molecule has 8 nitrogen and oxygen atoms in total. The monoisotopic (exact) mass is 489 g/mol. The van der Waals surface area contributed by atoms with Crippen molar-refractivity contribution in [3.05, 3.63) is 107 Å². The van der Waals surface area contributed by atoms with Gasteiger partial charge in [0.25, 0.3) is 5.91 Å². The van der Waals surface area contributed by atoms with E-state index in [0.29, 0.717) is 0 Å². The molecule has 3 atom stereocenters. The predicted molar refractivity (Wildman–Crippen MR) is 135 cm³/mol. The smallest absolute Gasteiger partial charge is 0.272 e. The number of aliphatic hydroxyl groups excluding tert-OH is 1. The van der Waals surface area contributed by atoms with E-state index in [9.17, 15) is 19.5 Å².